The average molecular weight is 470 g/mol. The first-order chi connectivity index (χ1) is 15.4. The quantitative estimate of drug-likeness (QED) is 0.309. The van der Waals surface area contributed by atoms with Crippen molar-refractivity contribution in [3.63, 3.8) is 0 Å². The Balaban J connectivity index is 1.93. The fraction of sp³-hybridized carbons (Fsp3) is 0.167. The number of Topliss-reactive ketones (excluding diaryl/α,β-unsaturated/α-hetero) is 1. The van der Waals surface area contributed by atoms with Crippen LogP contribution in [0.4, 0.5) is 5.69 Å². The van der Waals surface area contributed by atoms with Crippen LogP contribution >= 0.6 is 22.9 Å². The number of amides is 1. The second-order valence-electron chi connectivity index (χ2n) is 7.19. The van der Waals surface area contributed by atoms with E-state index in [-0.39, 0.29) is 11.3 Å². The lowest BCUT2D eigenvalue weighted by Crippen LogP contribution is -2.29. The molecule has 4 rings (SSSR count). The largest absolute Gasteiger partial charge is 0.507 e. The molecule has 1 aliphatic rings. The van der Waals surface area contributed by atoms with E-state index >= 15 is 0 Å². The van der Waals surface area contributed by atoms with E-state index in [0.29, 0.717) is 27.8 Å². The Morgan fingerprint density at radius 2 is 1.81 bits per heavy atom. The molecular formula is C24H20ClNO5S. The highest BCUT2D eigenvalue weighted by Gasteiger charge is 2.47. The van der Waals surface area contributed by atoms with Crippen LogP contribution in [0.15, 0.2) is 59.5 Å². The van der Waals surface area contributed by atoms with Gasteiger partial charge < -0.3 is 14.6 Å². The molecule has 1 aliphatic heterocycles. The van der Waals surface area contributed by atoms with Gasteiger partial charge >= 0.3 is 0 Å². The summed E-state index contributed by atoms with van der Waals surface area (Å²) < 4.78 is 10.6. The first-order valence-electron chi connectivity index (χ1n) is 9.70. The maximum absolute atomic E-state index is 13.2. The zero-order chi connectivity index (χ0) is 23.0. The summed E-state index contributed by atoms with van der Waals surface area (Å²) in [5, 5.41) is 13.6. The van der Waals surface area contributed by atoms with Crippen LogP contribution in [0.1, 0.15) is 22.0 Å². The highest BCUT2D eigenvalue weighted by atomic mass is 35.5. The van der Waals surface area contributed by atoms with Crippen molar-refractivity contribution in [3.8, 4) is 11.5 Å². The number of thiophene rings is 1. The number of methoxy groups -OCH3 is 2. The van der Waals surface area contributed by atoms with Gasteiger partial charge in [0.15, 0.2) is 11.5 Å². The van der Waals surface area contributed by atoms with Gasteiger partial charge in [-0.05, 0) is 60.3 Å². The maximum atomic E-state index is 13.2. The summed E-state index contributed by atoms with van der Waals surface area (Å²) in [5.74, 6) is -0.874. The lowest BCUT2D eigenvalue weighted by atomic mass is 9.99. The topological polar surface area (TPSA) is 76.1 Å². The normalized spacial score (nSPS) is 17.6. The predicted molar refractivity (Wildman–Crippen MR) is 125 cm³/mol. The summed E-state index contributed by atoms with van der Waals surface area (Å²) >= 11 is 7.50. The molecule has 8 heteroatoms. The third kappa shape index (κ3) is 3.63. The van der Waals surface area contributed by atoms with E-state index in [1.54, 1.807) is 36.4 Å². The number of hydrogen-bond donors (Lipinski definition) is 1. The number of ether oxygens (including phenoxy) is 2. The summed E-state index contributed by atoms with van der Waals surface area (Å²) in [7, 11) is 2.99. The minimum Gasteiger partial charge on any atom is -0.507 e. The summed E-state index contributed by atoms with van der Waals surface area (Å²) in [5.41, 5.74) is 1.65. The van der Waals surface area contributed by atoms with Crippen molar-refractivity contribution in [2.75, 3.05) is 19.1 Å². The lowest BCUT2D eigenvalue weighted by Gasteiger charge is -2.25. The zero-order valence-corrected chi connectivity index (χ0v) is 19.2. The van der Waals surface area contributed by atoms with Crippen LogP contribution in [0.3, 0.4) is 0 Å². The number of halogens is 1. The molecule has 0 spiro atoms. The van der Waals surface area contributed by atoms with Gasteiger partial charge in [0.2, 0.25) is 0 Å². The predicted octanol–water partition coefficient (Wildman–Crippen LogP) is 5.35. The lowest BCUT2D eigenvalue weighted by molar-refractivity contribution is -0.132. The molecule has 0 aliphatic carbocycles. The summed E-state index contributed by atoms with van der Waals surface area (Å²) in [6, 6.07) is 12.8. The van der Waals surface area contributed by atoms with E-state index in [1.165, 1.54) is 30.5 Å². The average Bonchev–Trinajstić information content (AvgIpc) is 3.40. The molecule has 1 atom stereocenters. The van der Waals surface area contributed by atoms with E-state index < -0.39 is 17.7 Å². The third-order valence-electron chi connectivity index (χ3n) is 5.33. The van der Waals surface area contributed by atoms with Gasteiger partial charge in [0, 0.05) is 21.2 Å². The van der Waals surface area contributed by atoms with Crippen LogP contribution in [0.5, 0.6) is 11.5 Å². The number of ketones is 1. The van der Waals surface area contributed by atoms with E-state index in [4.69, 9.17) is 21.1 Å². The van der Waals surface area contributed by atoms with E-state index in [0.717, 1.165) is 10.4 Å². The van der Waals surface area contributed by atoms with Crippen molar-refractivity contribution < 1.29 is 24.2 Å². The molecule has 32 heavy (non-hydrogen) atoms. The molecule has 1 amide bonds. The van der Waals surface area contributed by atoms with Crippen molar-refractivity contribution in [2.24, 2.45) is 0 Å². The minimum absolute atomic E-state index is 0.0130. The number of aliphatic hydroxyl groups is 1. The Labute approximate surface area is 194 Å². The molecule has 1 fully saturated rings. The molecule has 0 bridgehead atoms. The minimum atomic E-state index is -0.775. The second-order valence-corrected chi connectivity index (χ2v) is 8.60. The molecule has 6 nitrogen and oxygen atoms in total. The smallest absolute Gasteiger partial charge is 0.300 e. The molecule has 1 N–H and O–H groups in total. The molecule has 3 aromatic rings. The number of aliphatic hydroxyl groups excluding tert-OH is 1. The SMILES string of the molecule is COc1ccc(/C(O)=C2/C(=O)C(=O)N(c3ccc(Cl)cc3C)C2c2cccs2)cc1OC. The van der Waals surface area contributed by atoms with Crippen LogP contribution < -0.4 is 14.4 Å². The van der Waals surface area contributed by atoms with Gasteiger partial charge in [-0.2, -0.15) is 0 Å². The summed E-state index contributed by atoms with van der Waals surface area (Å²) in [6.07, 6.45) is 0. The van der Waals surface area contributed by atoms with E-state index in [9.17, 15) is 14.7 Å². The fourth-order valence-electron chi connectivity index (χ4n) is 3.83. The number of carbonyl (C=O) groups is 2. The van der Waals surface area contributed by atoms with Gasteiger partial charge in [0.05, 0.1) is 19.8 Å². The molecule has 1 aromatic heterocycles. The standard InChI is InChI=1S/C24H20ClNO5S/c1-13-11-15(25)7-8-16(13)26-21(19-5-4-10-32-19)20(23(28)24(26)29)22(27)14-6-9-17(30-2)18(12-14)31-3/h4-12,21,27H,1-3H3/b22-20-. The van der Waals surface area contributed by atoms with Gasteiger partial charge in [-0.25, -0.2) is 0 Å². The van der Waals surface area contributed by atoms with E-state index in [1.807, 2.05) is 24.4 Å². The van der Waals surface area contributed by atoms with Crippen LogP contribution in [0, 0.1) is 6.92 Å². The summed E-state index contributed by atoms with van der Waals surface area (Å²) in [4.78, 5) is 28.5. The first kappa shape index (κ1) is 21.9. The Morgan fingerprint density at radius 3 is 2.44 bits per heavy atom. The van der Waals surface area contributed by atoms with Crippen LogP contribution in [-0.2, 0) is 9.59 Å². The number of nitrogens with zero attached hydrogens (tertiary/aromatic N) is 1. The van der Waals surface area contributed by atoms with Crippen LogP contribution in [0.25, 0.3) is 5.76 Å². The first-order valence-corrected chi connectivity index (χ1v) is 11.0. The maximum Gasteiger partial charge on any atom is 0.300 e. The van der Waals surface area contributed by atoms with Gasteiger partial charge in [-0.1, -0.05) is 17.7 Å². The Morgan fingerprint density at radius 1 is 1.06 bits per heavy atom. The molecule has 2 heterocycles. The number of hydrogen-bond acceptors (Lipinski definition) is 6. The van der Waals surface area contributed by atoms with Gasteiger partial charge in [-0.15, -0.1) is 11.3 Å². The molecule has 1 unspecified atom stereocenters. The molecular weight excluding hydrogens is 450 g/mol. The molecule has 2 aromatic carbocycles. The number of rotatable bonds is 5. The van der Waals surface area contributed by atoms with Gasteiger partial charge in [0.1, 0.15) is 11.8 Å². The van der Waals surface area contributed by atoms with Crippen molar-refractivity contribution in [2.45, 2.75) is 13.0 Å². The Hall–Kier alpha value is -3.29. The third-order valence-corrected chi connectivity index (χ3v) is 6.49. The number of aryl methyl sites for hydroxylation is 1. The van der Waals surface area contributed by atoms with Crippen LogP contribution in [0.2, 0.25) is 5.02 Å². The van der Waals surface area contributed by atoms with Crippen molar-refractivity contribution >= 4 is 46.1 Å². The molecule has 0 saturated carbocycles. The second kappa shape index (κ2) is 8.68. The molecule has 0 radical (unpaired) electrons. The Kier molecular flexibility index (Phi) is 5.95. The van der Waals surface area contributed by atoms with Crippen molar-refractivity contribution in [3.05, 3.63) is 80.5 Å². The fourth-order valence-corrected chi connectivity index (χ4v) is 4.88. The number of benzene rings is 2. The zero-order valence-electron chi connectivity index (χ0n) is 17.6. The van der Waals surface area contributed by atoms with Crippen LogP contribution in [-0.4, -0.2) is 31.0 Å². The number of anilines is 1. The molecule has 1 saturated heterocycles. The Bertz CT molecular complexity index is 1240. The monoisotopic (exact) mass is 469 g/mol. The highest BCUT2D eigenvalue weighted by molar-refractivity contribution is 7.10. The van der Waals surface area contributed by atoms with Gasteiger partial charge in [-0.3, -0.25) is 14.5 Å². The van der Waals surface area contributed by atoms with E-state index in [2.05, 4.69) is 0 Å². The number of carbonyl (C=O) groups excluding carboxylic acids is 2. The summed E-state index contributed by atoms with van der Waals surface area (Å²) in [6.45, 7) is 1.82. The van der Waals surface area contributed by atoms with Crippen molar-refractivity contribution in [1.82, 2.24) is 0 Å². The van der Waals surface area contributed by atoms with Crippen molar-refractivity contribution in [1.29, 1.82) is 0 Å². The highest BCUT2D eigenvalue weighted by Crippen LogP contribution is 2.45. The molecule has 164 valence electrons. The van der Waals surface area contributed by atoms with Gasteiger partial charge in [0.25, 0.3) is 11.7 Å².